The maximum absolute atomic E-state index is 14.1. The van der Waals surface area contributed by atoms with Crippen molar-refractivity contribution in [2.75, 3.05) is 19.3 Å². The van der Waals surface area contributed by atoms with E-state index in [1.54, 1.807) is 0 Å². The molecule has 0 saturated heterocycles. The lowest BCUT2D eigenvalue weighted by Crippen LogP contribution is -2.53. The molecule has 7 nitrogen and oxygen atoms in total. The first kappa shape index (κ1) is 30.7. The molecule has 2 amide bonds. The SMILES string of the molecule is CS(=O)(=O)N(CC(=O)N(Cc1ccccc1)C(Cc1ccccc1)C(=O)NCCc1ccccc1)Cc1ccccc1. The van der Waals surface area contributed by atoms with Crippen molar-refractivity contribution in [2.45, 2.75) is 32.0 Å². The lowest BCUT2D eigenvalue weighted by Gasteiger charge is -2.33. The second-order valence-electron chi connectivity index (χ2n) is 10.3. The molecule has 4 aromatic carbocycles. The highest BCUT2D eigenvalue weighted by atomic mass is 32.2. The Balaban J connectivity index is 1.62. The van der Waals surface area contributed by atoms with Crippen LogP contribution in [0.3, 0.4) is 0 Å². The summed E-state index contributed by atoms with van der Waals surface area (Å²) in [6, 6.07) is 37.1. The number of hydrogen-bond donors (Lipinski definition) is 1. The topological polar surface area (TPSA) is 86.8 Å². The molecule has 8 heteroatoms. The molecular formula is C34H37N3O4S. The molecular weight excluding hydrogens is 546 g/mol. The first-order valence-corrected chi connectivity index (χ1v) is 15.8. The fraction of sp³-hybridized carbons (Fsp3) is 0.235. The van der Waals surface area contributed by atoms with Gasteiger partial charge in [-0.1, -0.05) is 121 Å². The number of rotatable bonds is 14. The standard InChI is InChI=1S/C34H37N3O4S/c1-42(40,41)36(25-30-18-10-4-11-19-30)27-33(38)37(26-31-20-12-5-13-21-31)32(24-29-16-8-3-9-17-29)34(39)35-23-22-28-14-6-2-7-15-28/h2-21,32H,22-27H2,1H3,(H,35,39). The molecule has 4 rings (SSSR count). The lowest BCUT2D eigenvalue weighted by molar-refractivity contribution is -0.141. The molecule has 0 spiro atoms. The number of benzene rings is 4. The average Bonchev–Trinajstić information content (AvgIpc) is 3.00. The molecule has 0 heterocycles. The number of sulfonamides is 1. The number of carbonyl (C=O) groups excluding carboxylic acids is 2. The van der Waals surface area contributed by atoms with Gasteiger partial charge in [0.25, 0.3) is 0 Å². The molecule has 0 aliphatic carbocycles. The molecule has 0 bridgehead atoms. The molecule has 1 unspecified atom stereocenters. The van der Waals surface area contributed by atoms with E-state index in [9.17, 15) is 18.0 Å². The van der Waals surface area contributed by atoms with Crippen LogP contribution < -0.4 is 5.32 Å². The van der Waals surface area contributed by atoms with Crippen LogP contribution >= 0.6 is 0 Å². The normalized spacial score (nSPS) is 12.0. The van der Waals surface area contributed by atoms with Gasteiger partial charge in [0.2, 0.25) is 21.8 Å². The van der Waals surface area contributed by atoms with Gasteiger partial charge in [-0.2, -0.15) is 4.31 Å². The van der Waals surface area contributed by atoms with Crippen LogP contribution in [-0.2, 0) is 45.5 Å². The highest BCUT2D eigenvalue weighted by molar-refractivity contribution is 7.88. The van der Waals surface area contributed by atoms with Gasteiger partial charge in [-0.05, 0) is 28.7 Å². The van der Waals surface area contributed by atoms with Crippen LogP contribution in [0.5, 0.6) is 0 Å². The summed E-state index contributed by atoms with van der Waals surface area (Å²) < 4.78 is 26.8. The van der Waals surface area contributed by atoms with Gasteiger partial charge in [-0.3, -0.25) is 9.59 Å². The van der Waals surface area contributed by atoms with Crippen molar-refractivity contribution in [2.24, 2.45) is 0 Å². The van der Waals surface area contributed by atoms with Gasteiger partial charge in [0.05, 0.1) is 12.8 Å². The van der Waals surface area contributed by atoms with Gasteiger partial charge in [0, 0.05) is 26.1 Å². The van der Waals surface area contributed by atoms with Crippen molar-refractivity contribution >= 4 is 21.8 Å². The Morgan fingerprint density at radius 1 is 0.667 bits per heavy atom. The average molecular weight is 584 g/mol. The summed E-state index contributed by atoms with van der Waals surface area (Å²) in [6.45, 7) is 0.234. The monoisotopic (exact) mass is 583 g/mol. The number of carbonyl (C=O) groups is 2. The van der Waals surface area contributed by atoms with E-state index in [0.717, 1.165) is 32.8 Å². The largest absolute Gasteiger partial charge is 0.354 e. The third-order valence-electron chi connectivity index (χ3n) is 7.00. The van der Waals surface area contributed by atoms with Gasteiger partial charge in [-0.15, -0.1) is 0 Å². The van der Waals surface area contributed by atoms with Gasteiger partial charge in [0.1, 0.15) is 6.04 Å². The van der Waals surface area contributed by atoms with Crippen LogP contribution in [-0.4, -0.2) is 54.8 Å². The van der Waals surface area contributed by atoms with Crippen molar-refractivity contribution in [3.8, 4) is 0 Å². The predicted octanol–water partition coefficient (Wildman–Crippen LogP) is 4.45. The third kappa shape index (κ3) is 9.39. The van der Waals surface area contributed by atoms with Gasteiger partial charge >= 0.3 is 0 Å². The smallest absolute Gasteiger partial charge is 0.243 e. The minimum atomic E-state index is -3.73. The Kier molecular flexibility index (Phi) is 11.0. The summed E-state index contributed by atoms with van der Waals surface area (Å²) in [5.41, 5.74) is 3.61. The molecule has 1 atom stereocenters. The summed E-state index contributed by atoms with van der Waals surface area (Å²) in [5, 5.41) is 3.03. The Bertz CT molecular complexity index is 1520. The van der Waals surface area contributed by atoms with E-state index in [1.165, 1.54) is 4.90 Å². The van der Waals surface area contributed by atoms with E-state index in [0.29, 0.717) is 13.0 Å². The van der Waals surface area contributed by atoms with E-state index in [4.69, 9.17) is 0 Å². The zero-order valence-electron chi connectivity index (χ0n) is 23.8. The predicted molar refractivity (Wildman–Crippen MR) is 166 cm³/mol. The molecule has 0 aliphatic heterocycles. The van der Waals surface area contributed by atoms with Crippen LogP contribution in [0.2, 0.25) is 0 Å². The molecule has 1 N–H and O–H groups in total. The van der Waals surface area contributed by atoms with Crippen LogP contribution in [0.15, 0.2) is 121 Å². The quantitative estimate of drug-likeness (QED) is 0.238. The summed E-state index contributed by atoms with van der Waals surface area (Å²) in [6.07, 6.45) is 2.03. The van der Waals surface area contributed by atoms with Crippen molar-refractivity contribution in [3.05, 3.63) is 144 Å². The molecule has 0 aliphatic rings. The van der Waals surface area contributed by atoms with Gasteiger partial charge in [0.15, 0.2) is 0 Å². The number of hydrogen-bond acceptors (Lipinski definition) is 4. The van der Waals surface area contributed by atoms with Crippen LogP contribution in [0.25, 0.3) is 0 Å². The second-order valence-corrected chi connectivity index (χ2v) is 12.2. The molecule has 0 saturated carbocycles. The second kappa shape index (κ2) is 15.1. The fourth-order valence-corrected chi connectivity index (χ4v) is 5.47. The van der Waals surface area contributed by atoms with Gasteiger partial charge in [-0.25, -0.2) is 8.42 Å². The molecule has 0 radical (unpaired) electrons. The minimum Gasteiger partial charge on any atom is -0.354 e. The Morgan fingerprint density at radius 3 is 1.62 bits per heavy atom. The number of amides is 2. The fourth-order valence-electron chi connectivity index (χ4n) is 4.75. The zero-order valence-corrected chi connectivity index (χ0v) is 24.6. The van der Waals surface area contributed by atoms with Crippen LogP contribution in [0.1, 0.15) is 22.3 Å². The Morgan fingerprint density at radius 2 is 1.12 bits per heavy atom. The first-order valence-electron chi connectivity index (χ1n) is 14.0. The molecule has 0 aromatic heterocycles. The number of nitrogens with zero attached hydrogens (tertiary/aromatic N) is 2. The number of nitrogens with one attached hydrogen (secondary N) is 1. The molecule has 0 fully saturated rings. The molecule has 4 aromatic rings. The van der Waals surface area contributed by atoms with Crippen molar-refractivity contribution in [3.63, 3.8) is 0 Å². The first-order chi connectivity index (χ1) is 20.3. The molecule has 218 valence electrons. The van der Waals surface area contributed by atoms with E-state index >= 15 is 0 Å². The van der Waals surface area contributed by atoms with Crippen LogP contribution in [0.4, 0.5) is 0 Å². The van der Waals surface area contributed by atoms with Gasteiger partial charge < -0.3 is 10.2 Å². The summed E-state index contributed by atoms with van der Waals surface area (Å²) in [7, 11) is -3.73. The highest BCUT2D eigenvalue weighted by Gasteiger charge is 2.32. The van der Waals surface area contributed by atoms with E-state index in [1.807, 2.05) is 121 Å². The maximum Gasteiger partial charge on any atom is 0.243 e. The van der Waals surface area contributed by atoms with Crippen molar-refractivity contribution in [1.29, 1.82) is 0 Å². The summed E-state index contributed by atoms with van der Waals surface area (Å²) in [5.74, 6) is -0.729. The highest BCUT2D eigenvalue weighted by Crippen LogP contribution is 2.17. The minimum absolute atomic E-state index is 0.0528. The van der Waals surface area contributed by atoms with Crippen LogP contribution in [0, 0.1) is 0 Å². The zero-order chi connectivity index (χ0) is 29.8. The van der Waals surface area contributed by atoms with E-state index < -0.39 is 22.0 Å². The summed E-state index contributed by atoms with van der Waals surface area (Å²) >= 11 is 0. The summed E-state index contributed by atoms with van der Waals surface area (Å²) in [4.78, 5) is 29.4. The van der Waals surface area contributed by atoms with E-state index in [-0.39, 0.29) is 32.0 Å². The Labute approximate surface area is 248 Å². The Hall–Kier alpha value is -4.27. The lowest BCUT2D eigenvalue weighted by atomic mass is 10.0. The third-order valence-corrected chi connectivity index (χ3v) is 8.20. The van der Waals surface area contributed by atoms with E-state index in [2.05, 4.69) is 5.32 Å². The van der Waals surface area contributed by atoms with Crippen molar-refractivity contribution in [1.82, 2.24) is 14.5 Å². The maximum atomic E-state index is 14.1. The van der Waals surface area contributed by atoms with Crippen molar-refractivity contribution < 1.29 is 18.0 Å². The molecule has 42 heavy (non-hydrogen) atoms.